The quantitative estimate of drug-likeness (QED) is 0.207. The van der Waals surface area contributed by atoms with Crippen LogP contribution in [0.5, 0.6) is 0 Å². The molecule has 0 atom stereocenters. The van der Waals surface area contributed by atoms with Crippen LogP contribution < -0.4 is 0 Å². The average molecular weight is 407 g/mol. The van der Waals surface area contributed by atoms with Crippen molar-refractivity contribution in [3.05, 3.63) is 82.9 Å². The molecule has 148 valence electrons. The molecule has 0 saturated carbocycles. The summed E-state index contributed by atoms with van der Waals surface area (Å²) in [6.07, 6.45) is 0. The van der Waals surface area contributed by atoms with E-state index in [9.17, 15) is 18.7 Å². The normalized spacial score (nSPS) is 11.9. The van der Waals surface area contributed by atoms with Crippen LogP contribution in [0.2, 0.25) is 0 Å². The molecule has 0 aliphatic rings. The molecule has 0 fully saturated rings. The second-order valence-corrected chi connectivity index (χ2v) is 9.86. The van der Waals surface area contributed by atoms with Crippen LogP contribution in [0.15, 0.2) is 65.6 Å². The Morgan fingerprint density at radius 2 is 1.59 bits per heavy atom. The largest absolute Gasteiger partial charge is 0.456 e. The summed E-state index contributed by atoms with van der Waals surface area (Å²) < 4.78 is 26.5. The van der Waals surface area contributed by atoms with Crippen molar-refractivity contribution >= 4 is 31.4 Å². The summed E-state index contributed by atoms with van der Waals surface area (Å²) in [6, 6.07) is 17.4. The van der Waals surface area contributed by atoms with Crippen molar-refractivity contribution in [2.45, 2.75) is 38.0 Å². The molecule has 3 aromatic carbocycles. The number of hydrogen-bond donors (Lipinski definition) is 0. The molecule has 3 aromatic rings. The van der Waals surface area contributed by atoms with Crippen LogP contribution in [-0.4, -0.2) is 24.0 Å². The van der Waals surface area contributed by atoms with E-state index in [0.29, 0.717) is 5.56 Å². The first-order valence-electron chi connectivity index (χ1n) is 9.17. The average Bonchev–Trinajstić information content (AvgIpc) is 2.67. The fourth-order valence-corrected chi connectivity index (χ4v) is 4.59. The smallest absolute Gasteiger partial charge is 0.360 e. The zero-order chi connectivity index (χ0) is 21.4. The molecule has 0 amide bonds. The molecular formula is C23H22N2O3S. The minimum Gasteiger partial charge on any atom is -0.360 e. The Labute approximate surface area is 170 Å². The van der Waals surface area contributed by atoms with Crippen molar-refractivity contribution in [3.63, 3.8) is 0 Å². The molecule has 3 rings (SSSR count). The summed E-state index contributed by atoms with van der Waals surface area (Å²) in [5.74, 6) is -0.848. The lowest BCUT2D eigenvalue weighted by Gasteiger charge is -2.20. The molecule has 29 heavy (non-hydrogen) atoms. The third-order valence-corrected chi connectivity index (χ3v) is 6.69. The zero-order valence-electron chi connectivity index (χ0n) is 16.8. The maximum absolute atomic E-state index is 13.2. The highest BCUT2D eigenvalue weighted by molar-refractivity contribution is 8.08. The van der Waals surface area contributed by atoms with Crippen molar-refractivity contribution < 1.29 is 18.0 Å². The van der Waals surface area contributed by atoms with Gasteiger partial charge in [-0.15, -0.1) is 4.79 Å². The monoisotopic (exact) mass is 406 g/mol. The summed E-state index contributed by atoms with van der Waals surface area (Å²) >= 11 is 0. The number of carbonyl (C=O) groups is 1. The highest BCUT2D eigenvalue weighted by Crippen LogP contribution is 2.28. The molecule has 0 aliphatic carbocycles. The van der Waals surface area contributed by atoms with E-state index >= 15 is 0 Å². The maximum atomic E-state index is 13.2. The third-order valence-electron chi connectivity index (χ3n) is 4.89. The molecule has 0 aliphatic heterocycles. The van der Waals surface area contributed by atoms with E-state index in [1.165, 1.54) is 6.07 Å². The van der Waals surface area contributed by atoms with Crippen molar-refractivity contribution in [2.75, 3.05) is 0 Å². The van der Waals surface area contributed by atoms with Crippen LogP contribution in [0.25, 0.3) is 16.3 Å². The van der Waals surface area contributed by atoms with Gasteiger partial charge in [-0.05, 0) is 46.4 Å². The van der Waals surface area contributed by atoms with Crippen molar-refractivity contribution in [1.82, 2.24) is 0 Å². The molecule has 0 saturated heterocycles. The third kappa shape index (κ3) is 3.90. The Balaban J connectivity index is 2.11. The Kier molecular flexibility index (Phi) is 5.26. The van der Waals surface area contributed by atoms with Crippen LogP contribution in [0.3, 0.4) is 0 Å². The van der Waals surface area contributed by atoms with E-state index in [1.807, 2.05) is 51.1 Å². The number of sulfone groups is 1. The standard InChI is InChI=1S/C23H22N2O3S/c1-15-9-12-19(23(2,3)4)14-20(15)29(27,28)22(25-24)21(26)18-11-10-16-7-5-6-8-17(16)13-18/h5-14H,1-4H3. The number of ketones is 1. The zero-order valence-corrected chi connectivity index (χ0v) is 17.6. The fourth-order valence-electron chi connectivity index (χ4n) is 3.14. The Morgan fingerprint density at radius 3 is 2.21 bits per heavy atom. The highest BCUT2D eigenvalue weighted by atomic mass is 32.2. The van der Waals surface area contributed by atoms with Gasteiger partial charge in [-0.2, -0.15) is 0 Å². The van der Waals surface area contributed by atoms with Gasteiger partial charge >= 0.3 is 5.04 Å². The lowest BCUT2D eigenvalue weighted by Crippen LogP contribution is -2.27. The summed E-state index contributed by atoms with van der Waals surface area (Å²) in [5, 5.41) is 0.823. The van der Waals surface area contributed by atoms with Gasteiger partial charge in [0.25, 0.3) is 15.6 Å². The number of benzene rings is 3. The SMILES string of the molecule is Cc1ccc(C(C)(C)C)cc1S(=O)(=O)C(=[N+]=[N-])C(=O)c1ccc2ccccc2c1. The van der Waals surface area contributed by atoms with Crippen LogP contribution in [0.1, 0.15) is 42.3 Å². The Bertz CT molecular complexity index is 1280. The number of aryl methyl sites for hydroxylation is 1. The summed E-state index contributed by atoms with van der Waals surface area (Å²) in [6.45, 7) is 7.55. The topological polar surface area (TPSA) is 87.6 Å². The predicted molar refractivity (Wildman–Crippen MR) is 114 cm³/mol. The van der Waals surface area contributed by atoms with Gasteiger partial charge in [0.05, 0.1) is 4.90 Å². The molecule has 5 nitrogen and oxygen atoms in total. The van der Waals surface area contributed by atoms with E-state index in [-0.39, 0.29) is 15.9 Å². The molecule has 0 aromatic heterocycles. The number of carbonyl (C=O) groups excluding carboxylic acids is 1. The van der Waals surface area contributed by atoms with E-state index in [2.05, 4.69) is 4.79 Å². The van der Waals surface area contributed by atoms with Crippen LogP contribution in [-0.2, 0) is 15.3 Å². The first kappa shape index (κ1) is 20.6. The van der Waals surface area contributed by atoms with Gasteiger partial charge < -0.3 is 5.53 Å². The predicted octanol–water partition coefficient (Wildman–Crippen LogP) is 4.73. The van der Waals surface area contributed by atoms with Crippen LogP contribution in [0, 0.1) is 6.92 Å². The number of nitrogens with zero attached hydrogens (tertiary/aromatic N) is 2. The summed E-state index contributed by atoms with van der Waals surface area (Å²) in [7, 11) is -4.31. The molecule has 0 bridgehead atoms. The van der Waals surface area contributed by atoms with E-state index in [0.717, 1.165) is 16.3 Å². The van der Waals surface area contributed by atoms with Crippen molar-refractivity contribution in [3.8, 4) is 0 Å². The molecule has 6 heteroatoms. The number of fused-ring (bicyclic) bond motifs is 1. The van der Waals surface area contributed by atoms with Gasteiger partial charge in [0.2, 0.25) is 0 Å². The molecule has 0 N–H and O–H groups in total. The second-order valence-electron chi connectivity index (χ2n) is 8.03. The van der Waals surface area contributed by atoms with E-state index < -0.39 is 20.7 Å². The fraction of sp³-hybridized carbons (Fsp3) is 0.217. The number of Topliss-reactive ketones (excluding diaryl/α,β-unsaturated/α-hetero) is 1. The van der Waals surface area contributed by atoms with Gasteiger partial charge in [0.1, 0.15) is 0 Å². The van der Waals surface area contributed by atoms with Crippen LogP contribution >= 0.6 is 0 Å². The van der Waals surface area contributed by atoms with Gasteiger partial charge in [-0.1, -0.05) is 69.3 Å². The lowest BCUT2D eigenvalue weighted by atomic mass is 9.87. The summed E-state index contributed by atoms with van der Waals surface area (Å²) in [4.78, 5) is 15.8. The van der Waals surface area contributed by atoms with Gasteiger partial charge in [0.15, 0.2) is 0 Å². The minimum atomic E-state index is -4.31. The van der Waals surface area contributed by atoms with Gasteiger partial charge in [-0.25, -0.2) is 8.42 Å². The Hall–Kier alpha value is -3.08. The molecule has 0 heterocycles. The molecule has 0 unspecified atom stereocenters. The minimum absolute atomic E-state index is 0.0353. The molecular weight excluding hydrogens is 384 g/mol. The van der Waals surface area contributed by atoms with E-state index in [4.69, 9.17) is 0 Å². The van der Waals surface area contributed by atoms with Crippen molar-refractivity contribution in [2.24, 2.45) is 0 Å². The van der Waals surface area contributed by atoms with Gasteiger partial charge in [-0.3, -0.25) is 4.79 Å². The lowest BCUT2D eigenvalue weighted by molar-refractivity contribution is -0.00158. The van der Waals surface area contributed by atoms with Crippen molar-refractivity contribution in [1.29, 1.82) is 0 Å². The number of rotatable bonds is 3. The second kappa shape index (κ2) is 7.39. The maximum Gasteiger partial charge on any atom is 0.456 e. The van der Waals surface area contributed by atoms with Crippen LogP contribution in [0.4, 0.5) is 0 Å². The molecule has 0 radical (unpaired) electrons. The summed E-state index contributed by atoms with van der Waals surface area (Å²) in [5.41, 5.74) is 10.6. The first-order chi connectivity index (χ1) is 13.6. The highest BCUT2D eigenvalue weighted by Gasteiger charge is 2.39. The first-order valence-corrected chi connectivity index (χ1v) is 10.7. The van der Waals surface area contributed by atoms with Gasteiger partial charge in [0, 0.05) is 5.56 Å². The Morgan fingerprint density at radius 1 is 0.931 bits per heavy atom. The molecule has 0 spiro atoms. The van der Waals surface area contributed by atoms with E-state index in [1.54, 1.807) is 31.2 Å². The number of hydrogen-bond acceptors (Lipinski definition) is 3.